The van der Waals surface area contributed by atoms with Crippen LogP contribution in [0.4, 0.5) is 17.1 Å². The van der Waals surface area contributed by atoms with Crippen LogP contribution in [0.2, 0.25) is 0 Å². The summed E-state index contributed by atoms with van der Waals surface area (Å²) in [5.41, 5.74) is 24.7. The van der Waals surface area contributed by atoms with Gasteiger partial charge in [0.2, 0.25) is 0 Å². The molecule has 0 heterocycles. The summed E-state index contributed by atoms with van der Waals surface area (Å²) in [5, 5.41) is 0. The number of fused-ring (bicyclic) bond motifs is 6. The molecule has 0 N–H and O–H groups in total. The van der Waals surface area contributed by atoms with Gasteiger partial charge >= 0.3 is 0 Å². The van der Waals surface area contributed by atoms with E-state index in [0.29, 0.717) is 0 Å². The first-order chi connectivity index (χ1) is 27.8. The van der Waals surface area contributed by atoms with E-state index in [1.807, 2.05) is 0 Å². The van der Waals surface area contributed by atoms with Gasteiger partial charge in [0.05, 0.1) is 0 Å². The van der Waals surface area contributed by atoms with Gasteiger partial charge in [-0.05, 0) is 157 Å². The summed E-state index contributed by atoms with van der Waals surface area (Å²) < 4.78 is 0. The zero-order valence-electron chi connectivity index (χ0n) is 37.2. The van der Waals surface area contributed by atoms with Crippen LogP contribution in [0.15, 0.2) is 140 Å². The maximum Gasteiger partial charge on any atom is 0.0474 e. The Labute approximate surface area is 353 Å². The van der Waals surface area contributed by atoms with Gasteiger partial charge < -0.3 is 4.90 Å². The zero-order chi connectivity index (χ0) is 41.8. The number of hydrogen-bond donors (Lipinski definition) is 0. The van der Waals surface area contributed by atoms with Crippen molar-refractivity contribution in [1.29, 1.82) is 0 Å². The third-order valence-corrected chi connectivity index (χ3v) is 13.7. The molecule has 0 aromatic heterocycles. The SMILES string of the molecule is Cc1ccc2c(c1)C(C)(C)c1cc(-c3cc(N(c4ccccc4)c4ccc(C(C)(C)C)cc4)cc(-c4ccc5c(c4)C(C)(C)c4cc(C(C)(C)C)ccc4-5)c3C)ccc1-2. The molecule has 0 atom stereocenters. The van der Waals surface area contributed by atoms with E-state index in [9.17, 15) is 0 Å². The van der Waals surface area contributed by atoms with Crippen LogP contribution in [-0.2, 0) is 21.7 Å². The number of aryl methyl sites for hydroxylation is 1. The van der Waals surface area contributed by atoms with E-state index in [-0.39, 0.29) is 21.7 Å². The summed E-state index contributed by atoms with van der Waals surface area (Å²) >= 11 is 0. The highest BCUT2D eigenvalue weighted by Gasteiger charge is 2.38. The number of benzene rings is 7. The Bertz CT molecular complexity index is 2780. The highest BCUT2D eigenvalue weighted by Crippen LogP contribution is 2.53. The van der Waals surface area contributed by atoms with Crippen molar-refractivity contribution in [1.82, 2.24) is 0 Å². The summed E-state index contributed by atoms with van der Waals surface area (Å²) in [6.07, 6.45) is 0. The number of anilines is 3. The molecule has 7 aromatic carbocycles. The molecular formula is C58H59N. The molecule has 0 spiro atoms. The van der Waals surface area contributed by atoms with Crippen molar-refractivity contribution in [3.8, 4) is 44.5 Å². The van der Waals surface area contributed by atoms with Crippen LogP contribution in [-0.4, -0.2) is 0 Å². The van der Waals surface area contributed by atoms with Gasteiger partial charge in [-0.25, -0.2) is 0 Å². The van der Waals surface area contributed by atoms with Crippen molar-refractivity contribution in [3.05, 3.63) is 184 Å². The molecule has 0 bridgehead atoms. The molecule has 0 saturated carbocycles. The summed E-state index contributed by atoms with van der Waals surface area (Å²) in [6, 6.07) is 53.5. The van der Waals surface area contributed by atoms with Gasteiger partial charge in [-0.3, -0.25) is 0 Å². The Balaban J connectivity index is 1.26. The number of rotatable bonds is 5. The lowest BCUT2D eigenvalue weighted by molar-refractivity contribution is 0.584. The van der Waals surface area contributed by atoms with Crippen LogP contribution in [0, 0.1) is 13.8 Å². The van der Waals surface area contributed by atoms with E-state index in [0.717, 1.165) is 17.1 Å². The topological polar surface area (TPSA) is 3.24 Å². The van der Waals surface area contributed by atoms with Crippen molar-refractivity contribution in [2.75, 3.05) is 4.90 Å². The molecule has 1 heteroatoms. The molecule has 2 aliphatic carbocycles. The van der Waals surface area contributed by atoms with Crippen LogP contribution >= 0.6 is 0 Å². The van der Waals surface area contributed by atoms with E-state index in [4.69, 9.17) is 0 Å². The van der Waals surface area contributed by atoms with E-state index >= 15 is 0 Å². The molecule has 296 valence electrons. The van der Waals surface area contributed by atoms with Gasteiger partial charge in [-0.1, -0.05) is 166 Å². The minimum absolute atomic E-state index is 0.0648. The average molecular weight is 770 g/mol. The Hall–Kier alpha value is -5.66. The second kappa shape index (κ2) is 13.4. The fourth-order valence-corrected chi connectivity index (χ4v) is 9.95. The molecule has 9 rings (SSSR count). The Kier molecular flexibility index (Phi) is 8.84. The van der Waals surface area contributed by atoms with E-state index in [1.165, 1.54) is 89.0 Å². The number of para-hydroxylation sites is 1. The first-order valence-electron chi connectivity index (χ1n) is 21.5. The Morgan fingerprint density at radius 2 is 0.797 bits per heavy atom. The zero-order valence-corrected chi connectivity index (χ0v) is 37.2. The van der Waals surface area contributed by atoms with E-state index < -0.39 is 0 Å². The summed E-state index contributed by atoms with van der Waals surface area (Å²) in [5.74, 6) is 0. The molecule has 0 aliphatic heterocycles. The molecule has 59 heavy (non-hydrogen) atoms. The molecule has 0 radical (unpaired) electrons. The standard InChI is InChI=1S/C58H59N/c1-36-18-26-45-46-27-19-38(31-52(46)57(9,10)51(45)30-36)49-34-44(59(42-16-14-13-15-17-42)43-24-21-40(22-25-43)55(3,4)5)35-50(37(49)2)39-20-28-47-48-29-23-41(56(6,7)8)33-54(48)58(11,12)53(47)32-39/h13-35H,1-12H3. The van der Waals surface area contributed by atoms with Gasteiger partial charge in [-0.2, -0.15) is 0 Å². The Morgan fingerprint density at radius 3 is 1.31 bits per heavy atom. The predicted molar refractivity (Wildman–Crippen MR) is 254 cm³/mol. The highest BCUT2D eigenvalue weighted by molar-refractivity contribution is 5.91. The molecular weight excluding hydrogens is 711 g/mol. The second-order valence-electron chi connectivity index (χ2n) is 20.5. The third kappa shape index (κ3) is 6.37. The maximum atomic E-state index is 2.50. The molecule has 0 amide bonds. The molecule has 7 aromatic rings. The van der Waals surface area contributed by atoms with E-state index in [2.05, 4.69) is 228 Å². The van der Waals surface area contributed by atoms with Crippen LogP contribution < -0.4 is 4.90 Å². The van der Waals surface area contributed by atoms with Crippen molar-refractivity contribution in [3.63, 3.8) is 0 Å². The molecule has 2 aliphatic rings. The largest absolute Gasteiger partial charge is 0.310 e. The van der Waals surface area contributed by atoms with Gasteiger partial charge in [0.1, 0.15) is 0 Å². The monoisotopic (exact) mass is 769 g/mol. The van der Waals surface area contributed by atoms with Crippen LogP contribution in [0.25, 0.3) is 44.5 Å². The first kappa shape index (κ1) is 38.8. The summed E-state index contributed by atoms with van der Waals surface area (Å²) in [4.78, 5) is 2.44. The van der Waals surface area contributed by atoms with Crippen molar-refractivity contribution in [2.24, 2.45) is 0 Å². The molecule has 0 saturated heterocycles. The fourth-order valence-electron chi connectivity index (χ4n) is 9.95. The maximum absolute atomic E-state index is 2.50. The van der Waals surface area contributed by atoms with Crippen LogP contribution in [0.5, 0.6) is 0 Å². The minimum Gasteiger partial charge on any atom is -0.310 e. The average Bonchev–Trinajstić information content (AvgIpc) is 3.56. The van der Waals surface area contributed by atoms with Gasteiger partial charge in [-0.15, -0.1) is 0 Å². The molecule has 1 nitrogen and oxygen atoms in total. The summed E-state index contributed by atoms with van der Waals surface area (Å²) in [7, 11) is 0. The van der Waals surface area contributed by atoms with Gasteiger partial charge in [0.25, 0.3) is 0 Å². The summed E-state index contributed by atoms with van der Waals surface area (Å²) in [6.45, 7) is 27.9. The lowest BCUT2D eigenvalue weighted by Crippen LogP contribution is -2.17. The Morgan fingerprint density at radius 1 is 0.373 bits per heavy atom. The fraction of sp³-hybridized carbons (Fsp3) is 0.276. The lowest BCUT2D eigenvalue weighted by atomic mass is 9.78. The van der Waals surface area contributed by atoms with Crippen LogP contribution in [0.3, 0.4) is 0 Å². The third-order valence-electron chi connectivity index (χ3n) is 13.7. The highest BCUT2D eigenvalue weighted by atomic mass is 15.1. The smallest absolute Gasteiger partial charge is 0.0474 e. The molecule has 0 fully saturated rings. The molecule has 0 unspecified atom stereocenters. The van der Waals surface area contributed by atoms with E-state index in [1.54, 1.807) is 0 Å². The van der Waals surface area contributed by atoms with Crippen molar-refractivity contribution in [2.45, 2.75) is 105 Å². The van der Waals surface area contributed by atoms with Crippen molar-refractivity contribution < 1.29 is 0 Å². The predicted octanol–water partition coefficient (Wildman–Crippen LogP) is 16.3. The normalized spacial score (nSPS) is 14.7. The van der Waals surface area contributed by atoms with Gasteiger partial charge in [0, 0.05) is 27.9 Å². The first-order valence-corrected chi connectivity index (χ1v) is 21.5. The van der Waals surface area contributed by atoms with Gasteiger partial charge in [0.15, 0.2) is 0 Å². The number of nitrogens with zero attached hydrogens (tertiary/aromatic N) is 1. The lowest BCUT2D eigenvalue weighted by Gasteiger charge is -2.29. The quantitative estimate of drug-likeness (QED) is 0.169. The van der Waals surface area contributed by atoms with Crippen LogP contribution in [0.1, 0.15) is 114 Å². The minimum atomic E-state index is -0.125. The number of hydrogen-bond acceptors (Lipinski definition) is 1. The van der Waals surface area contributed by atoms with Crippen molar-refractivity contribution >= 4 is 17.1 Å². The second-order valence-corrected chi connectivity index (χ2v) is 20.5.